The molecular weight excluding hydrogens is 496 g/mol. The molecular formula is C19H14Br2N2OS2. The number of hydrogen-bond acceptors (Lipinski definition) is 5. The number of nitrogens with zero attached hydrogens (tertiary/aromatic N) is 2. The molecule has 0 unspecified atom stereocenters. The zero-order valence-electron chi connectivity index (χ0n) is 13.7. The van der Waals surface area contributed by atoms with Crippen molar-refractivity contribution in [3.8, 4) is 0 Å². The maximum absolute atomic E-state index is 12.3. The molecule has 2 heterocycles. The minimum Gasteiger partial charge on any atom is -0.300 e. The predicted molar refractivity (Wildman–Crippen MR) is 116 cm³/mol. The molecule has 0 aliphatic carbocycles. The molecule has 7 heteroatoms. The fraction of sp³-hybridized carbons (Fsp3) is 0.211. The average Bonchev–Trinajstić information content (AvgIpc) is 3.23. The van der Waals surface area contributed by atoms with Crippen LogP contribution in [0.1, 0.15) is 22.9 Å². The van der Waals surface area contributed by atoms with E-state index >= 15 is 0 Å². The van der Waals surface area contributed by atoms with Gasteiger partial charge >= 0.3 is 0 Å². The van der Waals surface area contributed by atoms with E-state index in [4.69, 9.17) is 0 Å². The number of Topliss-reactive ketones (excluding diaryl/α,β-unsaturated/α-hetero) is 1. The number of hydrogen-bond donors (Lipinski definition) is 0. The van der Waals surface area contributed by atoms with Gasteiger partial charge in [-0.05, 0) is 56.1 Å². The topological polar surface area (TPSA) is 42.9 Å². The highest BCUT2D eigenvalue weighted by molar-refractivity contribution is 9.11. The van der Waals surface area contributed by atoms with Crippen molar-refractivity contribution in [1.82, 2.24) is 9.97 Å². The maximum atomic E-state index is 12.3. The number of ketones is 1. The molecule has 0 bridgehead atoms. The molecule has 0 amide bonds. The van der Waals surface area contributed by atoms with E-state index in [-0.39, 0.29) is 5.78 Å². The molecule has 2 aromatic heterocycles. The summed E-state index contributed by atoms with van der Waals surface area (Å²) in [5, 5.41) is 2.04. The second-order valence-electron chi connectivity index (χ2n) is 5.93. The van der Waals surface area contributed by atoms with E-state index in [0.29, 0.717) is 25.7 Å². The number of fused-ring (bicyclic) bond motifs is 2. The van der Waals surface area contributed by atoms with Crippen LogP contribution in [0, 0.1) is 0 Å². The zero-order chi connectivity index (χ0) is 18.1. The average molecular weight is 510 g/mol. The summed E-state index contributed by atoms with van der Waals surface area (Å²) in [5.41, 5.74) is 1.98. The molecule has 0 saturated carbocycles. The van der Waals surface area contributed by atoms with Crippen molar-refractivity contribution in [3.05, 3.63) is 55.4 Å². The molecule has 0 aliphatic rings. The highest BCUT2D eigenvalue weighted by atomic mass is 79.9. The Hall–Kier alpha value is -1.15. The van der Waals surface area contributed by atoms with Crippen molar-refractivity contribution in [2.45, 2.75) is 25.7 Å². The lowest BCUT2D eigenvalue weighted by Gasteiger charge is -1.97. The largest absolute Gasteiger partial charge is 0.300 e. The lowest BCUT2D eigenvalue weighted by Crippen LogP contribution is -2.01. The van der Waals surface area contributed by atoms with Crippen molar-refractivity contribution in [2.24, 2.45) is 0 Å². The molecule has 0 fully saturated rings. The van der Waals surface area contributed by atoms with Gasteiger partial charge in [0.2, 0.25) is 0 Å². The van der Waals surface area contributed by atoms with Gasteiger partial charge in [-0.15, -0.1) is 22.7 Å². The summed E-state index contributed by atoms with van der Waals surface area (Å²) in [6, 6.07) is 12.0. The number of halogens is 2. The van der Waals surface area contributed by atoms with Gasteiger partial charge in [0.05, 0.1) is 30.4 Å². The van der Waals surface area contributed by atoms with E-state index in [1.165, 1.54) is 0 Å². The third-order valence-electron chi connectivity index (χ3n) is 4.06. The lowest BCUT2D eigenvalue weighted by molar-refractivity contribution is -0.119. The molecule has 4 aromatic rings. The van der Waals surface area contributed by atoms with Crippen LogP contribution >= 0.6 is 54.5 Å². The Bertz CT molecular complexity index is 1020. The van der Waals surface area contributed by atoms with Crippen LogP contribution in [0.4, 0.5) is 0 Å². The zero-order valence-corrected chi connectivity index (χ0v) is 18.5. The normalized spacial score (nSPS) is 11.5. The van der Waals surface area contributed by atoms with E-state index in [1.54, 1.807) is 22.7 Å². The van der Waals surface area contributed by atoms with Gasteiger partial charge in [-0.2, -0.15) is 0 Å². The Balaban J connectivity index is 1.35. The van der Waals surface area contributed by atoms with Crippen LogP contribution in [0.5, 0.6) is 0 Å². The fourth-order valence-corrected chi connectivity index (χ4v) is 5.89. The third-order valence-corrected chi connectivity index (χ3v) is 8.23. The molecule has 26 heavy (non-hydrogen) atoms. The van der Waals surface area contributed by atoms with Crippen molar-refractivity contribution in [2.75, 3.05) is 0 Å². The first-order valence-electron chi connectivity index (χ1n) is 8.20. The Morgan fingerprint density at radius 3 is 1.69 bits per heavy atom. The van der Waals surface area contributed by atoms with Crippen molar-refractivity contribution in [1.29, 1.82) is 0 Å². The van der Waals surface area contributed by atoms with Crippen molar-refractivity contribution >= 4 is 80.7 Å². The van der Waals surface area contributed by atoms with Crippen LogP contribution in [0.15, 0.2) is 45.3 Å². The lowest BCUT2D eigenvalue weighted by atomic mass is 10.1. The number of benzene rings is 2. The smallest absolute Gasteiger partial charge is 0.133 e. The quantitative estimate of drug-likeness (QED) is 0.295. The van der Waals surface area contributed by atoms with Crippen LogP contribution in [0.3, 0.4) is 0 Å². The van der Waals surface area contributed by atoms with E-state index in [0.717, 1.165) is 39.4 Å². The Kier molecular flexibility index (Phi) is 5.50. The summed E-state index contributed by atoms with van der Waals surface area (Å²) >= 11 is 10.4. The second-order valence-corrected chi connectivity index (χ2v) is 9.81. The van der Waals surface area contributed by atoms with Crippen molar-refractivity contribution in [3.63, 3.8) is 0 Å². The number of thiazole rings is 2. The van der Waals surface area contributed by atoms with Crippen LogP contribution in [0.25, 0.3) is 20.4 Å². The summed E-state index contributed by atoms with van der Waals surface area (Å²) in [4.78, 5) is 21.5. The number of aromatic nitrogens is 2. The van der Waals surface area contributed by atoms with Crippen LogP contribution in [-0.4, -0.2) is 15.8 Å². The van der Waals surface area contributed by atoms with E-state index in [1.807, 2.05) is 36.4 Å². The first kappa shape index (κ1) is 18.2. The monoisotopic (exact) mass is 508 g/mol. The SMILES string of the molecule is O=C(CCc1nc2cccc(Br)c2s1)CCc1nc2cccc(Br)c2s1. The fourth-order valence-electron chi connectivity index (χ4n) is 2.75. The number of rotatable bonds is 6. The molecule has 0 saturated heterocycles. The minimum absolute atomic E-state index is 0.265. The maximum Gasteiger partial charge on any atom is 0.133 e. The molecule has 3 nitrogen and oxygen atoms in total. The Morgan fingerprint density at radius 2 is 1.27 bits per heavy atom. The van der Waals surface area contributed by atoms with E-state index < -0.39 is 0 Å². The highest BCUT2D eigenvalue weighted by Gasteiger charge is 2.11. The van der Waals surface area contributed by atoms with Gasteiger partial charge in [0.25, 0.3) is 0 Å². The molecule has 0 spiro atoms. The molecule has 0 atom stereocenters. The van der Waals surface area contributed by atoms with Gasteiger partial charge in [-0.3, -0.25) is 4.79 Å². The van der Waals surface area contributed by atoms with Gasteiger partial charge in [0, 0.05) is 34.6 Å². The molecule has 0 aliphatic heterocycles. The van der Waals surface area contributed by atoms with Crippen LogP contribution in [0.2, 0.25) is 0 Å². The summed E-state index contributed by atoms with van der Waals surface area (Å²) in [6.45, 7) is 0. The Morgan fingerprint density at radius 1 is 0.808 bits per heavy atom. The first-order chi connectivity index (χ1) is 12.6. The third kappa shape index (κ3) is 3.91. The Labute approximate surface area is 175 Å². The van der Waals surface area contributed by atoms with Crippen LogP contribution < -0.4 is 0 Å². The van der Waals surface area contributed by atoms with Gasteiger partial charge in [-0.1, -0.05) is 12.1 Å². The molecule has 132 valence electrons. The van der Waals surface area contributed by atoms with Gasteiger partial charge < -0.3 is 0 Å². The first-order valence-corrected chi connectivity index (χ1v) is 11.4. The van der Waals surface area contributed by atoms with Crippen molar-refractivity contribution < 1.29 is 4.79 Å². The number of aryl methyl sites for hydroxylation is 2. The van der Waals surface area contributed by atoms with Gasteiger partial charge in [-0.25, -0.2) is 9.97 Å². The summed E-state index contributed by atoms with van der Waals surface area (Å²) < 4.78 is 4.42. The molecule has 2 aromatic carbocycles. The number of carbonyl (C=O) groups excluding carboxylic acids is 1. The number of carbonyl (C=O) groups is 1. The summed E-state index contributed by atoms with van der Waals surface area (Å²) in [7, 11) is 0. The van der Waals surface area contributed by atoms with E-state index in [2.05, 4.69) is 41.8 Å². The van der Waals surface area contributed by atoms with Gasteiger partial charge in [0.15, 0.2) is 0 Å². The molecule has 0 N–H and O–H groups in total. The highest BCUT2D eigenvalue weighted by Crippen LogP contribution is 2.31. The second kappa shape index (κ2) is 7.84. The minimum atomic E-state index is 0.265. The van der Waals surface area contributed by atoms with Crippen LogP contribution in [-0.2, 0) is 17.6 Å². The standard InChI is InChI=1S/C19H14Br2N2OS2/c20-12-3-1-5-14-18(12)25-16(22-14)9-7-11(24)8-10-17-23-15-6-2-4-13(21)19(15)26-17/h1-6H,7-10H2. The predicted octanol–water partition coefficient (Wildman–Crippen LogP) is 6.57. The summed E-state index contributed by atoms with van der Waals surface area (Å²) in [6.07, 6.45) is 2.48. The molecule has 0 radical (unpaired) electrons. The summed E-state index contributed by atoms with van der Waals surface area (Å²) in [5.74, 6) is 0.265. The van der Waals surface area contributed by atoms with Gasteiger partial charge in [0.1, 0.15) is 5.78 Å². The van der Waals surface area contributed by atoms with E-state index in [9.17, 15) is 4.79 Å². The molecule has 4 rings (SSSR count).